The van der Waals surface area contributed by atoms with Gasteiger partial charge in [0.05, 0.1) is 0 Å². The quantitative estimate of drug-likeness (QED) is 0.754. The van der Waals surface area contributed by atoms with E-state index in [1.807, 2.05) is 12.1 Å². The first kappa shape index (κ1) is 19.0. The third kappa shape index (κ3) is 6.69. The van der Waals surface area contributed by atoms with Crippen LogP contribution >= 0.6 is 11.6 Å². The van der Waals surface area contributed by atoms with Crippen molar-refractivity contribution in [1.82, 2.24) is 10.2 Å². The Morgan fingerprint density at radius 1 is 1.26 bits per heavy atom. The Kier molecular flexibility index (Phi) is 7.54. The highest BCUT2D eigenvalue weighted by Crippen LogP contribution is 2.12. The van der Waals surface area contributed by atoms with Crippen molar-refractivity contribution in [3.63, 3.8) is 0 Å². The number of aliphatic carboxylic acids is 1. The molecule has 0 spiro atoms. The fourth-order valence-corrected chi connectivity index (χ4v) is 2.19. The second-order valence-electron chi connectivity index (χ2n) is 5.21. The lowest BCUT2D eigenvalue weighted by Crippen LogP contribution is -2.46. The van der Waals surface area contributed by atoms with Gasteiger partial charge in [-0.1, -0.05) is 23.7 Å². The Hall–Kier alpha value is -2.08. The van der Waals surface area contributed by atoms with Crippen LogP contribution in [0.15, 0.2) is 24.3 Å². The summed E-state index contributed by atoms with van der Waals surface area (Å²) < 4.78 is 0. The molecule has 1 aromatic rings. The number of hydrogen-bond donors (Lipinski definition) is 2. The summed E-state index contributed by atoms with van der Waals surface area (Å²) in [4.78, 5) is 35.7. The molecule has 1 rings (SSSR count). The first-order chi connectivity index (χ1) is 10.8. The van der Waals surface area contributed by atoms with Gasteiger partial charge in [-0.15, -0.1) is 0 Å². The lowest BCUT2D eigenvalue weighted by molar-refractivity contribution is -0.149. The van der Waals surface area contributed by atoms with Gasteiger partial charge in [0.1, 0.15) is 6.04 Å². The lowest BCUT2D eigenvalue weighted by Gasteiger charge is -2.26. The van der Waals surface area contributed by atoms with Gasteiger partial charge in [0.2, 0.25) is 11.8 Å². The van der Waals surface area contributed by atoms with Crippen molar-refractivity contribution in [2.45, 2.75) is 32.7 Å². The van der Waals surface area contributed by atoms with E-state index in [-0.39, 0.29) is 31.3 Å². The second-order valence-corrected chi connectivity index (χ2v) is 5.65. The SMILES string of the molecule is CC(=O)NCCN(C(=O)CCc1ccc(Cl)cc1)C(C)C(=O)O. The standard InChI is InChI=1S/C16H21ClN2O4/c1-11(16(22)23)19(10-9-18-12(2)20)15(21)8-5-13-3-6-14(17)7-4-13/h3-4,6-7,11H,5,8-10H2,1-2H3,(H,18,20)(H,22,23). The van der Waals surface area contributed by atoms with Crippen molar-refractivity contribution in [3.8, 4) is 0 Å². The number of halogens is 1. The highest BCUT2D eigenvalue weighted by Gasteiger charge is 2.24. The number of benzene rings is 1. The zero-order valence-electron chi connectivity index (χ0n) is 13.2. The Morgan fingerprint density at radius 3 is 2.39 bits per heavy atom. The molecule has 0 aromatic heterocycles. The predicted octanol–water partition coefficient (Wildman–Crippen LogP) is 1.71. The summed E-state index contributed by atoms with van der Waals surface area (Å²) in [6.07, 6.45) is 0.693. The van der Waals surface area contributed by atoms with E-state index in [2.05, 4.69) is 5.32 Å². The van der Waals surface area contributed by atoms with Gasteiger partial charge in [-0.05, 0) is 31.0 Å². The molecule has 0 heterocycles. The molecule has 6 nitrogen and oxygen atoms in total. The summed E-state index contributed by atoms with van der Waals surface area (Å²) in [5, 5.41) is 12.3. The zero-order chi connectivity index (χ0) is 17.4. The minimum absolute atomic E-state index is 0.159. The lowest BCUT2D eigenvalue weighted by atomic mass is 10.1. The van der Waals surface area contributed by atoms with Crippen LogP contribution in [0.25, 0.3) is 0 Å². The van der Waals surface area contributed by atoms with Crippen LogP contribution in [0.5, 0.6) is 0 Å². The molecule has 0 bridgehead atoms. The highest BCUT2D eigenvalue weighted by molar-refractivity contribution is 6.30. The van der Waals surface area contributed by atoms with Gasteiger partial charge in [-0.2, -0.15) is 0 Å². The Bertz CT molecular complexity index is 560. The normalized spacial score (nSPS) is 11.6. The number of hydrogen-bond acceptors (Lipinski definition) is 3. The molecule has 1 atom stereocenters. The van der Waals surface area contributed by atoms with Crippen LogP contribution in [0, 0.1) is 0 Å². The molecule has 0 saturated carbocycles. The van der Waals surface area contributed by atoms with Crippen molar-refractivity contribution < 1.29 is 19.5 Å². The summed E-state index contributed by atoms with van der Waals surface area (Å²) in [5.74, 6) is -1.56. The summed E-state index contributed by atoms with van der Waals surface area (Å²) in [7, 11) is 0. The van der Waals surface area contributed by atoms with E-state index in [1.54, 1.807) is 12.1 Å². The second kappa shape index (κ2) is 9.15. The van der Waals surface area contributed by atoms with Crippen LogP contribution in [0.1, 0.15) is 25.8 Å². The number of carbonyl (C=O) groups is 3. The van der Waals surface area contributed by atoms with E-state index >= 15 is 0 Å². The first-order valence-electron chi connectivity index (χ1n) is 7.32. The molecule has 0 saturated heterocycles. The van der Waals surface area contributed by atoms with Crippen LogP contribution < -0.4 is 5.32 Å². The van der Waals surface area contributed by atoms with Crippen LogP contribution in [0.2, 0.25) is 5.02 Å². The number of amides is 2. The zero-order valence-corrected chi connectivity index (χ0v) is 14.0. The number of carboxylic acid groups (broad SMARTS) is 1. The van der Waals surface area contributed by atoms with Gasteiger partial charge in [0, 0.05) is 31.5 Å². The maximum atomic E-state index is 12.3. The summed E-state index contributed by atoms with van der Waals surface area (Å²) >= 11 is 5.81. The fraction of sp³-hybridized carbons (Fsp3) is 0.438. The van der Waals surface area contributed by atoms with Crippen LogP contribution in [0.3, 0.4) is 0 Å². The molecule has 1 aromatic carbocycles. The number of carboxylic acids is 1. The number of carbonyl (C=O) groups excluding carboxylic acids is 2. The summed E-state index contributed by atoms with van der Waals surface area (Å²) in [5.41, 5.74) is 0.951. The summed E-state index contributed by atoms with van der Waals surface area (Å²) in [6.45, 7) is 3.20. The average Bonchev–Trinajstić information content (AvgIpc) is 2.49. The van der Waals surface area contributed by atoms with E-state index in [4.69, 9.17) is 16.7 Å². The molecular formula is C16H21ClN2O4. The van der Waals surface area contributed by atoms with Gasteiger partial charge < -0.3 is 15.3 Å². The molecule has 0 fully saturated rings. The van der Waals surface area contributed by atoms with Crippen molar-refractivity contribution in [2.24, 2.45) is 0 Å². The monoisotopic (exact) mass is 340 g/mol. The smallest absolute Gasteiger partial charge is 0.326 e. The summed E-state index contributed by atoms with van der Waals surface area (Å²) in [6, 6.07) is 6.21. The minimum atomic E-state index is -1.08. The molecular weight excluding hydrogens is 320 g/mol. The number of nitrogens with one attached hydrogen (secondary N) is 1. The third-order valence-electron chi connectivity index (χ3n) is 3.41. The molecule has 0 aliphatic heterocycles. The Morgan fingerprint density at radius 2 is 1.87 bits per heavy atom. The molecule has 7 heteroatoms. The Balaban J connectivity index is 2.64. The third-order valence-corrected chi connectivity index (χ3v) is 3.66. The van der Waals surface area contributed by atoms with Gasteiger partial charge >= 0.3 is 5.97 Å². The molecule has 2 N–H and O–H groups in total. The maximum Gasteiger partial charge on any atom is 0.326 e. The van der Waals surface area contributed by atoms with Gasteiger partial charge in [-0.25, -0.2) is 4.79 Å². The van der Waals surface area contributed by atoms with Gasteiger partial charge in [0.15, 0.2) is 0 Å². The number of rotatable bonds is 8. The molecule has 1 unspecified atom stereocenters. The minimum Gasteiger partial charge on any atom is -0.480 e. The molecule has 0 aliphatic rings. The average molecular weight is 341 g/mol. The van der Waals surface area contributed by atoms with E-state index in [9.17, 15) is 14.4 Å². The predicted molar refractivity (Wildman–Crippen MR) is 87.3 cm³/mol. The molecule has 0 radical (unpaired) electrons. The van der Waals surface area contributed by atoms with Crippen LogP contribution in [0.4, 0.5) is 0 Å². The Labute approximate surface area is 140 Å². The molecule has 2 amide bonds. The molecule has 0 aliphatic carbocycles. The van der Waals surface area contributed by atoms with Crippen molar-refractivity contribution >= 4 is 29.4 Å². The fourth-order valence-electron chi connectivity index (χ4n) is 2.07. The largest absolute Gasteiger partial charge is 0.480 e. The van der Waals surface area contributed by atoms with E-state index in [0.29, 0.717) is 11.4 Å². The molecule has 23 heavy (non-hydrogen) atoms. The first-order valence-corrected chi connectivity index (χ1v) is 7.70. The highest BCUT2D eigenvalue weighted by atomic mass is 35.5. The van der Waals surface area contributed by atoms with E-state index in [1.165, 1.54) is 18.7 Å². The molecule has 126 valence electrons. The van der Waals surface area contributed by atoms with E-state index < -0.39 is 12.0 Å². The number of nitrogens with zero attached hydrogens (tertiary/aromatic N) is 1. The maximum absolute atomic E-state index is 12.3. The number of aryl methyl sites for hydroxylation is 1. The van der Waals surface area contributed by atoms with Crippen molar-refractivity contribution in [3.05, 3.63) is 34.9 Å². The van der Waals surface area contributed by atoms with Crippen LogP contribution in [-0.4, -0.2) is 46.9 Å². The van der Waals surface area contributed by atoms with Crippen molar-refractivity contribution in [1.29, 1.82) is 0 Å². The topological polar surface area (TPSA) is 86.7 Å². The van der Waals surface area contributed by atoms with Gasteiger partial charge in [0.25, 0.3) is 0 Å². The van der Waals surface area contributed by atoms with Crippen molar-refractivity contribution in [2.75, 3.05) is 13.1 Å². The van der Waals surface area contributed by atoms with E-state index in [0.717, 1.165) is 5.56 Å². The van der Waals surface area contributed by atoms with Gasteiger partial charge in [-0.3, -0.25) is 9.59 Å². The van der Waals surface area contributed by atoms with Crippen LogP contribution in [-0.2, 0) is 20.8 Å².